The van der Waals surface area contributed by atoms with Gasteiger partial charge in [0.1, 0.15) is 6.10 Å². The highest BCUT2D eigenvalue weighted by Gasteiger charge is 2.03. The van der Waals surface area contributed by atoms with Gasteiger partial charge >= 0.3 is 0 Å². The number of hydrogen-bond acceptors (Lipinski definition) is 2. The lowest BCUT2D eigenvalue weighted by atomic mass is 10.2. The topological polar surface area (TPSA) is 29.5 Å². The van der Waals surface area contributed by atoms with Crippen molar-refractivity contribution in [3.05, 3.63) is 35.9 Å². The van der Waals surface area contributed by atoms with Gasteiger partial charge in [-0.2, -0.15) is 0 Å². The average Bonchev–Trinajstić information content (AvgIpc) is 2.07. The first-order valence-electron chi connectivity index (χ1n) is 4.69. The van der Waals surface area contributed by atoms with Crippen LogP contribution in [0.15, 0.2) is 35.9 Å². The Labute approximate surface area is 84.8 Å². The van der Waals surface area contributed by atoms with Crippen LogP contribution in [0.4, 0.5) is 0 Å². The van der Waals surface area contributed by atoms with Crippen LogP contribution in [0, 0.1) is 0 Å². The van der Waals surface area contributed by atoms with Crippen LogP contribution in [-0.2, 0) is 0 Å². The molecule has 0 aliphatic carbocycles. The summed E-state index contributed by atoms with van der Waals surface area (Å²) >= 11 is 0. The smallest absolute Gasteiger partial charge is 0.161 e. The van der Waals surface area contributed by atoms with Crippen LogP contribution < -0.4 is 4.74 Å². The first kappa shape index (κ1) is 10.6. The molecule has 0 saturated carbocycles. The van der Waals surface area contributed by atoms with Crippen molar-refractivity contribution in [1.29, 1.82) is 0 Å². The van der Waals surface area contributed by atoms with Gasteiger partial charge < -0.3 is 9.84 Å². The summed E-state index contributed by atoms with van der Waals surface area (Å²) in [5.41, 5.74) is 1.20. The Hall–Kier alpha value is -1.44. The minimum Gasteiger partial charge on any atom is -0.504 e. The van der Waals surface area contributed by atoms with Crippen molar-refractivity contribution in [1.82, 2.24) is 0 Å². The lowest BCUT2D eigenvalue weighted by Crippen LogP contribution is -2.08. The molecule has 0 aliphatic heterocycles. The molecule has 0 radical (unpaired) electrons. The van der Waals surface area contributed by atoms with Crippen molar-refractivity contribution in [2.75, 3.05) is 0 Å². The molecule has 2 heteroatoms. The zero-order valence-corrected chi connectivity index (χ0v) is 8.82. The minimum absolute atomic E-state index is 0.0201. The summed E-state index contributed by atoms with van der Waals surface area (Å²) in [6.07, 6.45) is 1.99. The molecule has 0 heterocycles. The minimum atomic E-state index is -0.0201. The van der Waals surface area contributed by atoms with E-state index < -0.39 is 0 Å². The number of aromatic hydroxyl groups is 1. The lowest BCUT2D eigenvalue weighted by molar-refractivity contribution is 0.256. The van der Waals surface area contributed by atoms with Crippen LogP contribution in [0.25, 0.3) is 0 Å². The molecule has 1 atom stereocenters. The molecule has 76 valence electrons. The van der Waals surface area contributed by atoms with E-state index in [1.807, 2.05) is 32.9 Å². The summed E-state index contributed by atoms with van der Waals surface area (Å²) in [5, 5.41) is 9.45. The molecule has 1 unspecified atom stereocenters. The van der Waals surface area contributed by atoms with Crippen LogP contribution in [0.1, 0.15) is 20.8 Å². The number of ether oxygens (including phenoxy) is 1. The van der Waals surface area contributed by atoms with Crippen molar-refractivity contribution < 1.29 is 9.84 Å². The summed E-state index contributed by atoms with van der Waals surface area (Å²) in [6, 6.07) is 6.98. The Morgan fingerprint density at radius 2 is 2.00 bits per heavy atom. The van der Waals surface area contributed by atoms with E-state index in [0.717, 1.165) is 0 Å². The molecule has 0 bridgehead atoms. The Balaban J connectivity index is 2.70. The standard InChI is InChI=1S/C12H16O2/c1-9(2)8-10(3)14-12-7-5-4-6-11(12)13/h4-8,10,13H,1-3H3. The number of allylic oxidation sites excluding steroid dienone is 1. The second kappa shape index (κ2) is 4.70. The van der Waals surface area contributed by atoms with Gasteiger partial charge in [-0.3, -0.25) is 0 Å². The van der Waals surface area contributed by atoms with Gasteiger partial charge in [-0.1, -0.05) is 17.7 Å². The molecule has 0 saturated heterocycles. The van der Waals surface area contributed by atoms with Crippen molar-refractivity contribution in [3.63, 3.8) is 0 Å². The molecular weight excluding hydrogens is 176 g/mol. The van der Waals surface area contributed by atoms with E-state index in [1.165, 1.54) is 5.57 Å². The molecule has 2 nitrogen and oxygen atoms in total. The third-order valence-electron chi connectivity index (χ3n) is 1.75. The average molecular weight is 192 g/mol. The van der Waals surface area contributed by atoms with E-state index in [1.54, 1.807) is 18.2 Å². The Morgan fingerprint density at radius 1 is 1.36 bits per heavy atom. The van der Waals surface area contributed by atoms with Crippen LogP contribution >= 0.6 is 0 Å². The number of phenols is 1. The largest absolute Gasteiger partial charge is 0.504 e. The van der Waals surface area contributed by atoms with Crippen molar-refractivity contribution >= 4 is 0 Å². The highest BCUT2D eigenvalue weighted by molar-refractivity contribution is 5.38. The fraction of sp³-hybridized carbons (Fsp3) is 0.333. The maximum atomic E-state index is 9.45. The highest BCUT2D eigenvalue weighted by atomic mass is 16.5. The first-order chi connectivity index (χ1) is 6.59. The molecule has 0 fully saturated rings. The summed E-state index contributed by atoms with van der Waals surface area (Å²) in [7, 11) is 0. The van der Waals surface area contributed by atoms with Crippen LogP contribution in [-0.4, -0.2) is 11.2 Å². The quantitative estimate of drug-likeness (QED) is 0.745. The van der Waals surface area contributed by atoms with Crippen molar-refractivity contribution in [2.45, 2.75) is 26.9 Å². The zero-order valence-electron chi connectivity index (χ0n) is 8.82. The van der Waals surface area contributed by atoms with E-state index in [2.05, 4.69) is 0 Å². The van der Waals surface area contributed by atoms with Gasteiger partial charge in [0.2, 0.25) is 0 Å². The SMILES string of the molecule is CC(C)=CC(C)Oc1ccccc1O. The summed E-state index contributed by atoms with van der Waals surface area (Å²) < 4.78 is 5.53. The molecule has 14 heavy (non-hydrogen) atoms. The van der Waals surface area contributed by atoms with Crippen LogP contribution in [0.3, 0.4) is 0 Å². The van der Waals surface area contributed by atoms with Crippen LogP contribution in [0.5, 0.6) is 11.5 Å². The van der Waals surface area contributed by atoms with E-state index in [9.17, 15) is 5.11 Å². The van der Waals surface area contributed by atoms with E-state index >= 15 is 0 Å². The number of para-hydroxylation sites is 2. The summed E-state index contributed by atoms with van der Waals surface area (Å²) in [6.45, 7) is 5.98. The fourth-order valence-electron chi connectivity index (χ4n) is 1.26. The van der Waals surface area contributed by atoms with Gasteiger partial charge in [-0.25, -0.2) is 0 Å². The highest BCUT2D eigenvalue weighted by Crippen LogP contribution is 2.25. The van der Waals surface area contributed by atoms with E-state index in [4.69, 9.17) is 4.74 Å². The summed E-state index contributed by atoms with van der Waals surface area (Å²) in [5.74, 6) is 0.707. The van der Waals surface area contributed by atoms with Crippen LogP contribution in [0.2, 0.25) is 0 Å². The molecule has 1 N–H and O–H groups in total. The Morgan fingerprint density at radius 3 is 2.57 bits per heavy atom. The van der Waals surface area contributed by atoms with Crippen molar-refractivity contribution in [3.8, 4) is 11.5 Å². The van der Waals surface area contributed by atoms with Crippen molar-refractivity contribution in [2.24, 2.45) is 0 Å². The molecule has 1 aromatic carbocycles. The maximum Gasteiger partial charge on any atom is 0.161 e. The molecule has 0 spiro atoms. The number of benzene rings is 1. The van der Waals surface area contributed by atoms with E-state index in [-0.39, 0.29) is 11.9 Å². The zero-order chi connectivity index (χ0) is 10.6. The molecule has 0 aromatic heterocycles. The monoisotopic (exact) mass is 192 g/mol. The third-order valence-corrected chi connectivity index (χ3v) is 1.75. The Bertz CT molecular complexity index is 325. The van der Waals surface area contributed by atoms with Gasteiger partial charge in [0, 0.05) is 0 Å². The molecule has 1 aromatic rings. The Kier molecular flexibility index (Phi) is 3.57. The normalized spacial score (nSPS) is 11.9. The predicted molar refractivity (Wildman–Crippen MR) is 57.6 cm³/mol. The van der Waals surface area contributed by atoms with Gasteiger partial charge in [0.25, 0.3) is 0 Å². The fourth-order valence-corrected chi connectivity index (χ4v) is 1.26. The second-order valence-corrected chi connectivity index (χ2v) is 3.53. The summed E-state index contributed by atoms with van der Waals surface area (Å²) in [4.78, 5) is 0. The predicted octanol–water partition coefficient (Wildman–Crippen LogP) is 3.13. The molecule has 0 amide bonds. The molecule has 0 aliphatic rings. The molecular formula is C12H16O2. The second-order valence-electron chi connectivity index (χ2n) is 3.53. The third kappa shape index (κ3) is 3.13. The van der Waals surface area contributed by atoms with Gasteiger partial charge in [0.15, 0.2) is 11.5 Å². The van der Waals surface area contributed by atoms with E-state index in [0.29, 0.717) is 5.75 Å². The van der Waals surface area contributed by atoms with Gasteiger partial charge in [-0.05, 0) is 39.0 Å². The number of hydrogen-bond donors (Lipinski definition) is 1. The lowest BCUT2D eigenvalue weighted by Gasteiger charge is -2.12. The van der Waals surface area contributed by atoms with Gasteiger partial charge in [0.05, 0.1) is 0 Å². The molecule has 1 rings (SSSR count). The van der Waals surface area contributed by atoms with Gasteiger partial charge in [-0.15, -0.1) is 0 Å². The number of phenolic OH excluding ortho intramolecular Hbond substituents is 1. The maximum absolute atomic E-state index is 9.45. The number of rotatable bonds is 3. The first-order valence-corrected chi connectivity index (χ1v) is 4.69.